The Bertz CT molecular complexity index is 5400. The number of nitrogens with zero attached hydrogens (tertiary/aromatic N) is 10. The number of hydrazone groups is 1. The Kier molecular flexibility index (Phi) is 28.4. The number of H-pyrrole nitrogens is 1. The van der Waals surface area contributed by atoms with Gasteiger partial charge in [0.25, 0.3) is 37.3 Å². The molecule has 1 aliphatic rings. The number of methoxy groups -OCH3 is 6. The number of aryl methyl sites for hydroxylation is 2. The van der Waals surface area contributed by atoms with E-state index >= 15 is 0 Å². The van der Waals surface area contributed by atoms with Crippen LogP contribution in [0.1, 0.15) is 75.9 Å². The number of anilines is 3. The van der Waals surface area contributed by atoms with E-state index in [1.165, 1.54) is 65.6 Å². The number of carbonyl (C=O) groups excluding carboxylic acids is 5. The average Bonchev–Trinajstić information content (AvgIpc) is 1.33. The monoisotopic (exact) mass is 1670 g/mol. The molecule has 0 radical (unpaired) electrons. The van der Waals surface area contributed by atoms with Crippen molar-refractivity contribution in [1.29, 1.82) is 0 Å². The maximum absolute atomic E-state index is 13.3. The van der Waals surface area contributed by atoms with E-state index in [0.717, 1.165) is 54.1 Å². The predicted octanol–water partition coefficient (Wildman–Crippen LogP) is 6.32. The molecule has 0 bridgehead atoms. The van der Waals surface area contributed by atoms with Crippen molar-refractivity contribution in [3.8, 4) is 29.4 Å². The third-order valence-electron chi connectivity index (χ3n) is 14.3. The summed E-state index contributed by atoms with van der Waals surface area (Å²) in [6.07, 6.45) is -7.28. The highest BCUT2D eigenvalue weighted by molar-refractivity contribution is 7.93. The molecule has 8 aromatic rings. The Morgan fingerprint density at radius 1 is 0.691 bits per heavy atom. The Hall–Kier alpha value is -11.0. The number of pyridine rings is 1. The van der Waals surface area contributed by atoms with Crippen molar-refractivity contribution in [2.75, 3.05) is 83.4 Å². The molecule has 110 heavy (non-hydrogen) atoms. The number of esters is 3. The fourth-order valence-corrected chi connectivity index (χ4v) is 13.6. The van der Waals surface area contributed by atoms with Gasteiger partial charge in [0.05, 0.1) is 107 Å². The summed E-state index contributed by atoms with van der Waals surface area (Å²) in [6.45, 7) is 6.66. The van der Waals surface area contributed by atoms with Gasteiger partial charge in [0, 0.05) is 48.7 Å². The standard InChI is InChI=1S/C17H21N5O9S2.C16H18Cl2N2O4.C14H13F3N6O5S.C14H13F3N2O4S/c1-29-13-8-14(30-2)20-16(19-13)21-17(24)22-33(27,28)12-7-10(9-18-32(4,25)26)5-6-11(12)15(23)31-3;1-4-23-14(21)12-9-16(3,15(22)24-5-2)20(19-12)13-7-6-10(17)8-11(13)18;1-26-8-6-9(27-2)23-13(19-8)20-12(21-23)22-29(24,25)10-7(14(15,16)17)4-5-18-11(10)28-3;1-7-11(13(21)19(2)18-7)12(20)9-5-4-8(14(15,16)17)6-10(9)24(3,22)23/h5-8,18H,9H2,1-4H3,(H2,19,20,21,22,24);6-8H,4-5,9H2,1-3H3;4-6H,1-3H3,(H,21,22);4-6,18H,1-3H3. The zero-order chi connectivity index (χ0) is 82.6. The molecular weight excluding hydrogens is 1610 g/mol. The smallest absolute Gasteiger partial charge is 0.418 e. The highest BCUT2D eigenvalue weighted by Crippen LogP contribution is 2.41. The minimum atomic E-state index is -4.98. The van der Waals surface area contributed by atoms with Crippen molar-refractivity contribution in [3.63, 3.8) is 0 Å². The molecule has 9 rings (SSSR count). The summed E-state index contributed by atoms with van der Waals surface area (Å²) < 4.78 is 223. The Balaban J connectivity index is 0.000000231. The second-order valence-corrected chi connectivity index (χ2v) is 30.1. The molecule has 0 saturated carbocycles. The van der Waals surface area contributed by atoms with Crippen molar-refractivity contribution in [3.05, 3.63) is 138 Å². The van der Waals surface area contributed by atoms with Crippen LogP contribution in [0.3, 0.4) is 0 Å². The lowest BCUT2D eigenvalue weighted by Crippen LogP contribution is -2.48. The molecule has 49 heteroatoms. The summed E-state index contributed by atoms with van der Waals surface area (Å²) >= 11 is 12.2. The van der Waals surface area contributed by atoms with Gasteiger partial charge < -0.3 is 37.9 Å². The number of hydrogen-bond donors (Lipinski definition) is 5. The van der Waals surface area contributed by atoms with E-state index in [-0.39, 0.29) is 89.5 Å². The van der Waals surface area contributed by atoms with Gasteiger partial charge in [-0.05, 0) is 87.9 Å². The van der Waals surface area contributed by atoms with Gasteiger partial charge in [-0.2, -0.15) is 55.9 Å². The number of amides is 2. The number of sulfone groups is 1. The summed E-state index contributed by atoms with van der Waals surface area (Å²) in [5.41, 5.74) is -4.74. The largest absolute Gasteiger partial charge is 0.481 e. The number of aromatic nitrogens is 9. The number of halogens is 8. The molecular formula is C61H65Cl2F6N15O22S4. The van der Waals surface area contributed by atoms with E-state index in [2.05, 4.69) is 55.0 Å². The first kappa shape index (κ1) is 87.9. The number of sulfonamides is 3. The number of hydrogen-bond acceptors (Lipinski definition) is 30. The van der Waals surface area contributed by atoms with E-state index in [9.17, 15) is 88.8 Å². The first-order valence-corrected chi connectivity index (χ1v) is 38.0. The first-order chi connectivity index (χ1) is 51.1. The van der Waals surface area contributed by atoms with Gasteiger partial charge >= 0.3 is 36.3 Å². The van der Waals surface area contributed by atoms with Crippen LogP contribution in [0.25, 0.3) is 5.78 Å². The van der Waals surface area contributed by atoms with E-state index in [4.69, 9.17) is 56.4 Å². The van der Waals surface area contributed by atoms with Crippen molar-refractivity contribution in [2.45, 2.75) is 73.2 Å². The molecule has 6 heterocycles. The fraction of sp³-hybridized carbons (Fsp3) is 0.328. The lowest BCUT2D eigenvalue weighted by Gasteiger charge is -2.32. The van der Waals surface area contributed by atoms with Crippen molar-refractivity contribution in [2.24, 2.45) is 12.1 Å². The lowest BCUT2D eigenvalue weighted by molar-refractivity contribution is -0.148. The molecule has 1 aliphatic heterocycles. The van der Waals surface area contributed by atoms with E-state index in [0.29, 0.717) is 40.2 Å². The SMILES string of the molecule is CCOC(=O)C1=NN(c2ccc(Cl)cc2Cl)C(C)(C(=O)OCC)C1.COC(=O)c1ccc(CNS(C)(=O)=O)cc1S(=O)(=O)NC(=O)Nc1nc(OC)cc(OC)n1.COc1cc(OC)n2nc(NS(=O)(=O)c3c(C(F)(F)F)ccnc3OC)nc2n1.Cc1[nH]n(C)c(=O)c1C(=O)c1ccc(C(F)(F)F)cc1S(C)(=O)=O. The van der Waals surface area contributed by atoms with Crippen LogP contribution in [0.15, 0.2) is 104 Å². The van der Waals surface area contributed by atoms with Gasteiger partial charge in [0.2, 0.25) is 51.2 Å². The zero-order valence-electron chi connectivity index (χ0n) is 59.4. The zero-order valence-corrected chi connectivity index (χ0v) is 64.2. The van der Waals surface area contributed by atoms with Crippen LogP contribution in [-0.2, 0) is 89.7 Å². The Morgan fingerprint density at radius 3 is 1.84 bits per heavy atom. The average molecular weight is 1670 g/mol. The number of fused-ring (bicyclic) bond motifs is 1. The predicted molar refractivity (Wildman–Crippen MR) is 376 cm³/mol. The number of rotatable bonds is 23. The molecule has 5 aromatic heterocycles. The summed E-state index contributed by atoms with van der Waals surface area (Å²) in [6, 6.07) is 12.0. The van der Waals surface area contributed by atoms with Gasteiger partial charge in [-0.3, -0.25) is 24.7 Å². The molecule has 596 valence electrons. The normalized spacial score (nSPS) is 13.6. The van der Waals surface area contributed by atoms with E-state index < -0.39 is 136 Å². The number of alkyl halides is 6. The Labute approximate surface area is 630 Å². The van der Waals surface area contributed by atoms with Crippen molar-refractivity contribution >= 4 is 122 Å². The van der Waals surface area contributed by atoms with Crippen LogP contribution in [0, 0.1) is 6.92 Å². The van der Waals surface area contributed by atoms with Crippen molar-refractivity contribution < 1.29 is 122 Å². The summed E-state index contributed by atoms with van der Waals surface area (Å²) in [7, 11) is -8.50. The quantitative estimate of drug-likeness (QED) is 0.0202. The molecule has 37 nitrogen and oxygen atoms in total. The number of benzene rings is 3. The van der Waals surface area contributed by atoms with Crippen LogP contribution in [0.4, 0.5) is 48.7 Å². The molecule has 1 unspecified atom stereocenters. The molecule has 0 saturated heterocycles. The van der Waals surface area contributed by atoms with Crippen LogP contribution in [0.5, 0.6) is 29.4 Å². The minimum Gasteiger partial charge on any atom is -0.481 e. The number of urea groups is 1. The fourth-order valence-electron chi connectivity index (χ4n) is 9.40. The van der Waals surface area contributed by atoms with Gasteiger partial charge in [-0.25, -0.2) is 77.0 Å². The van der Waals surface area contributed by atoms with Gasteiger partial charge in [-0.15, -0.1) is 5.10 Å². The summed E-state index contributed by atoms with van der Waals surface area (Å²) in [5.74, 6) is -4.47. The van der Waals surface area contributed by atoms with E-state index in [1.54, 1.807) is 43.7 Å². The van der Waals surface area contributed by atoms with Gasteiger partial charge in [0.15, 0.2) is 20.3 Å². The number of ether oxygens (including phenoxy) is 8. The number of carbonyl (C=O) groups is 5. The highest BCUT2D eigenvalue weighted by Gasteiger charge is 2.50. The molecule has 3 aromatic carbocycles. The topological polar surface area (TPSA) is 479 Å². The lowest BCUT2D eigenvalue weighted by atomic mass is 9.95. The third kappa shape index (κ3) is 21.7. The minimum absolute atomic E-state index is 0.0408. The third-order valence-corrected chi connectivity index (χ3v) is 19.4. The highest BCUT2D eigenvalue weighted by atomic mass is 35.5. The van der Waals surface area contributed by atoms with Gasteiger partial charge in [0.1, 0.15) is 16.2 Å². The summed E-state index contributed by atoms with van der Waals surface area (Å²) in [4.78, 5) is 89.9. The Morgan fingerprint density at radius 2 is 1.31 bits per heavy atom. The maximum atomic E-state index is 13.3. The van der Waals surface area contributed by atoms with Crippen LogP contribution in [0.2, 0.25) is 10.0 Å². The van der Waals surface area contributed by atoms with Crippen LogP contribution >= 0.6 is 23.2 Å². The second-order valence-electron chi connectivity index (χ2n) is 22.2. The molecule has 5 N–H and O–H groups in total. The van der Waals surface area contributed by atoms with Crippen LogP contribution in [-0.4, -0.2) is 187 Å². The molecule has 0 spiro atoms. The van der Waals surface area contributed by atoms with E-state index in [1.807, 2.05) is 4.72 Å². The molecule has 0 fully saturated rings. The molecule has 0 aliphatic carbocycles. The molecule has 2 amide bonds. The summed E-state index contributed by atoms with van der Waals surface area (Å²) in [5, 5.41) is 15.0. The van der Waals surface area contributed by atoms with Gasteiger partial charge in [-0.1, -0.05) is 29.3 Å². The number of ketones is 1. The first-order valence-electron chi connectivity index (χ1n) is 30.5. The second kappa shape index (κ2) is 35.6. The van der Waals surface area contributed by atoms with Crippen LogP contribution < -0.4 is 53.7 Å². The maximum Gasteiger partial charge on any atom is 0.418 e. The van der Waals surface area contributed by atoms with Crippen molar-refractivity contribution in [1.82, 2.24) is 53.8 Å². The number of nitrogens with one attached hydrogen (secondary N) is 5. The number of aromatic amines is 1. The molecule has 1 atom stereocenters.